The lowest BCUT2D eigenvalue weighted by atomic mass is 10.1. The first-order valence-corrected chi connectivity index (χ1v) is 17.3. The Kier molecular flexibility index (Phi) is 9.94. The first-order valence-electron chi connectivity index (χ1n) is 17.3. The summed E-state index contributed by atoms with van der Waals surface area (Å²) < 4.78 is 15.9. The maximum Gasteiger partial charge on any atom is 0.260 e. The second-order valence-electron chi connectivity index (χ2n) is 12.6. The van der Waals surface area contributed by atoms with Gasteiger partial charge >= 0.3 is 0 Å². The number of nitrogens with one attached hydrogen (secondary N) is 2. The number of hydrogen-bond acceptors (Lipinski definition) is 10. The van der Waals surface area contributed by atoms with Gasteiger partial charge in [-0.1, -0.05) is 25.0 Å². The van der Waals surface area contributed by atoms with E-state index in [-0.39, 0.29) is 5.71 Å². The summed E-state index contributed by atoms with van der Waals surface area (Å²) in [5.41, 5.74) is 9.55. The molecule has 0 unspecified atom stereocenters. The van der Waals surface area contributed by atoms with Crippen LogP contribution in [0.2, 0.25) is 0 Å². The van der Waals surface area contributed by atoms with E-state index in [1.165, 1.54) is 38.5 Å². The molecular weight excluding hydrogens is 606 g/mol. The molecule has 0 bridgehead atoms. The van der Waals surface area contributed by atoms with E-state index in [2.05, 4.69) is 25.3 Å². The molecule has 13 heteroatoms. The van der Waals surface area contributed by atoms with Crippen LogP contribution in [-0.2, 0) is 0 Å². The van der Waals surface area contributed by atoms with E-state index < -0.39 is 0 Å². The van der Waals surface area contributed by atoms with E-state index in [0.717, 1.165) is 63.1 Å². The van der Waals surface area contributed by atoms with Crippen molar-refractivity contribution in [3.8, 4) is 11.8 Å². The Balaban J connectivity index is 1.11. The maximum atomic E-state index is 8.73. The number of hydrogen-bond donors (Lipinski definition) is 3. The summed E-state index contributed by atoms with van der Waals surface area (Å²) in [6.07, 6.45) is 14.8. The van der Waals surface area contributed by atoms with Gasteiger partial charge in [0, 0.05) is 25.5 Å². The second-order valence-corrected chi connectivity index (χ2v) is 12.6. The van der Waals surface area contributed by atoms with Gasteiger partial charge in [0.05, 0.1) is 35.7 Å². The minimum atomic E-state index is 0.131. The van der Waals surface area contributed by atoms with Crippen molar-refractivity contribution >= 4 is 39.8 Å². The highest BCUT2D eigenvalue weighted by atomic mass is 16.5. The van der Waals surface area contributed by atoms with Crippen molar-refractivity contribution in [2.24, 2.45) is 15.7 Å². The molecule has 4 aromatic heterocycles. The Hall–Kier alpha value is -4.75. The highest BCUT2D eigenvalue weighted by molar-refractivity contribution is 6.50. The van der Waals surface area contributed by atoms with Crippen molar-refractivity contribution in [1.82, 2.24) is 34.3 Å². The van der Waals surface area contributed by atoms with E-state index in [1.54, 1.807) is 15.1 Å². The molecule has 0 radical (unpaired) electrons. The summed E-state index contributed by atoms with van der Waals surface area (Å²) in [6, 6.07) is 11.6. The smallest absolute Gasteiger partial charge is 0.260 e. The summed E-state index contributed by atoms with van der Waals surface area (Å²) in [5, 5.41) is 21.3. The second kappa shape index (κ2) is 15.0. The Labute approximate surface area is 280 Å². The highest BCUT2D eigenvalue weighted by Gasteiger charge is 2.23. The standard InChI is InChI=1S/C35H45N11O2/c36-26-25-27(37)33(39-31-29-14-4-10-22-46(29)42-35(31)48-24-12-20-44-17-7-2-8-18-44)40-32(26)38-30-28-13-3-9-21-45(28)41-34(30)47-23-11-19-43-15-5-1-6-16-43/h3-4,9-10,13-14,21-22,25,36H,1-2,5-8,11-12,15-20,23-24,37H2,(H,38,39,40). The fourth-order valence-electron chi connectivity index (χ4n) is 6.56. The number of nitrogens with two attached hydrogens (primary N) is 1. The number of piperidine rings is 2. The molecule has 3 aliphatic heterocycles. The van der Waals surface area contributed by atoms with E-state index in [9.17, 15) is 0 Å². The largest absolute Gasteiger partial charge is 0.475 e. The number of rotatable bonds is 12. The first kappa shape index (κ1) is 31.8. The van der Waals surface area contributed by atoms with Crippen LogP contribution in [0.1, 0.15) is 51.4 Å². The van der Waals surface area contributed by atoms with Crippen molar-refractivity contribution in [2.45, 2.75) is 51.4 Å². The zero-order valence-electron chi connectivity index (χ0n) is 27.5. The predicted molar refractivity (Wildman–Crippen MR) is 189 cm³/mol. The van der Waals surface area contributed by atoms with Gasteiger partial charge in [0.2, 0.25) is 0 Å². The van der Waals surface area contributed by atoms with Crippen molar-refractivity contribution in [2.75, 3.05) is 52.5 Å². The van der Waals surface area contributed by atoms with Crippen LogP contribution in [0.15, 0.2) is 70.5 Å². The molecule has 0 spiro atoms. The normalized spacial score (nSPS) is 19.7. The Bertz CT molecular complexity index is 1830. The zero-order valence-corrected chi connectivity index (χ0v) is 27.5. The van der Waals surface area contributed by atoms with Crippen LogP contribution in [0.3, 0.4) is 0 Å². The topological polar surface area (TPSA) is 146 Å². The molecule has 252 valence electrons. The molecule has 7 rings (SSSR count). The molecule has 7 heterocycles. The van der Waals surface area contributed by atoms with Gasteiger partial charge in [-0.05, 0) is 95.0 Å². The number of likely N-dealkylation sites (tertiary alicyclic amines) is 2. The van der Waals surface area contributed by atoms with Gasteiger partial charge in [0.25, 0.3) is 11.8 Å². The summed E-state index contributed by atoms with van der Waals surface area (Å²) in [6.45, 7) is 7.69. The molecule has 4 aromatic rings. The summed E-state index contributed by atoms with van der Waals surface area (Å²) in [5.74, 6) is 1.51. The van der Waals surface area contributed by atoms with Gasteiger partial charge in [-0.3, -0.25) is 5.41 Å². The third-order valence-corrected chi connectivity index (χ3v) is 9.09. The summed E-state index contributed by atoms with van der Waals surface area (Å²) in [4.78, 5) is 14.8. The Morgan fingerprint density at radius 3 is 1.73 bits per heavy atom. The van der Waals surface area contributed by atoms with Crippen LogP contribution in [0.4, 0.5) is 11.4 Å². The predicted octanol–water partition coefficient (Wildman–Crippen LogP) is 4.72. The average molecular weight is 652 g/mol. The van der Waals surface area contributed by atoms with Gasteiger partial charge in [0.15, 0.2) is 23.0 Å². The monoisotopic (exact) mass is 651 g/mol. The molecule has 0 aromatic carbocycles. The van der Waals surface area contributed by atoms with Gasteiger partial charge in [-0.15, -0.1) is 10.2 Å². The quantitative estimate of drug-likeness (QED) is 0.187. The fraction of sp³-hybridized carbons (Fsp3) is 0.457. The SMILES string of the molecule is N=C1C=C(N)/C(=N/c2c(OCCCN3CCCCC3)nn3ccccc23)N/C1=N\c1c(OCCCN2CCCCC2)nn2ccccc12. The van der Waals surface area contributed by atoms with Crippen LogP contribution < -0.4 is 20.5 Å². The average Bonchev–Trinajstić information content (AvgIpc) is 3.65. The fourth-order valence-corrected chi connectivity index (χ4v) is 6.56. The third-order valence-electron chi connectivity index (χ3n) is 9.09. The van der Waals surface area contributed by atoms with Crippen LogP contribution in [0.25, 0.3) is 11.0 Å². The van der Waals surface area contributed by atoms with E-state index in [4.69, 9.17) is 30.6 Å². The number of aliphatic imine (C=N–C) groups is 2. The lowest BCUT2D eigenvalue weighted by molar-refractivity contribution is 0.203. The molecule has 0 saturated carbocycles. The minimum Gasteiger partial charge on any atom is -0.475 e. The molecule has 4 N–H and O–H groups in total. The maximum absolute atomic E-state index is 8.73. The lowest BCUT2D eigenvalue weighted by Crippen LogP contribution is -2.42. The molecular formula is C35H45N11O2. The summed E-state index contributed by atoms with van der Waals surface area (Å²) >= 11 is 0. The molecule has 2 saturated heterocycles. The van der Waals surface area contributed by atoms with Crippen molar-refractivity contribution < 1.29 is 9.47 Å². The van der Waals surface area contributed by atoms with E-state index >= 15 is 0 Å². The number of amidine groups is 2. The molecule has 48 heavy (non-hydrogen) atoms. The van der Waals surface area contributed by atoms with Crippen LogP contribution in [0.5, 0.6) is 11.8 Å². The number of fused-ring (bicyclic) bond motifs is 2. The van der Waals surface area contributed by atoms with Crippen molar-refractivity contribution in [1.29, 1.82) is 5.41 Å². The van der Waals surface area contributed by atoms with Crippen molar-refractivity contribution in [3.05, 3.63) is 60.6 Å². The Morgan fingerprint density at radius 2 is 1.21 bits per heavy atom. The molecule has 0 amide bonds. The number of nitrogens with zero attached hydrogens (tertiary/aromatic N) is 8. The van der Waals surface area contributed by atoms with Gasteiger partial charge in [-0.25, -0.2) is 19.0 Å². The minimum absolute atomic E-state index is 0.131. The van der Waals surface area contributed by atoms with Crippen LogP contribution in [-0.4, -0.2) is 98.9 Å². The van der Waals surface area contributed by atoms with Crippen molar-refractivity contribution in [3.63, 3.8) is 0 Å². The van der Waals surface area contributed by atoms with Gasteiger partial charge in [0.1, 0.15) is 0 Å². The summed E-state index contributed by atoms with van der Waals surface area (Å²) in [7, 11) is 0. The number of ether oxygens (including phenoxy) is 2. The van der Waals surface area contributed by atoms with E-state index in [1.807, 2.05) is 48.8 Å². The highest BCUT2D eigenvalue weighted by Crippen LogP contribution is 2.34. The van der Waals surface area contributed by atoms with Gasteiger partial charge < -0.3 is 30.3 Å². The van der Waals surface area contributed by atoms with Gasteiger partial charge in [-0.2, -0.15) is 0 Å². The number of aromatic nitrogens is 4. The number of pyridine rings is 2. The first-order chi connectivity index (χ1) is 23.6. The third kappa shape index (κ3) is 7.37. The van der Waals surface area contributed by atoms with E-state index in [0.29, 0.717) is 53.7 Å². The molecule has 2 fully saturated rings. The Morgan fingerprint density at radius 1 is 0.708 bits per heavy atom. The molecule has 3 aliphatic rings. The zero-order chi connectivity index (χ0) is 32.7. The lowest BCUT2D eigenvalue weighted by Gasteiger charge is -2.26. The molecule has 0 aliphatic carbocycles. The molecule has 0 atom stereocenters. The van der Waals surface area contributed by atoms with Crippen LogP contribution in [0, 0.1) is 5.41 Å². The van der Waals surface area contributed by atoms with Crippen LogP contribution >= 0.6 is 0 Å². The molecule has 13 nitrogen and oxygen atoms in total.